The van der Waals surface area contributed by atoms with Gasteiger partial charge in [-0.2, -0.15) is 0 Å². The number of thiophene rings is 1. The van der Waals surface area contributed by atoms with Crippen LogP contribution in [0.4, 0.5) is 0 Å². The van der Waals surface area contributed by atoms with Crippen molar-refractivity contribution in [1.29, 1.82) is 0 Å². The summed E-state index contributed by atoms with van der Waals surface area (Å²) in [5, 5.41) is 1.58. The summed E-state index contributed by atoms with van der Waals surface area (Å²) in [6.07, 6.45) is 0.649. The maximum absolute atomic E-state index is 10.6. The average Bonchev–Trinajstić information content (AvgIpc) is 2.40. The molecule has 0 spiro atoms. The zero-order chi connectivity index (χ0) is 8.27. The Kier molecular flexibility index (Phi) is 3.23. The molecule has 4 heteroatoms. The van der Waals surface area contributed by atoms with E-state index in [1.54, 1.807) is 0 Å². The molecule has 0 amide bonds. The van der Waals surface area contributed by atoms with Gasteiger partial charge in [0.15, 0.2) is 0 Å². The predicted molar refractivity (Wildman–Crippen MR) is 46.3 cm³/mol. The normalized spacial score (nSPS) is 16.2. The lowest BCUT2D eigenvalue weighted by Crippen LogP contribution is -2.01. The molecule has 0 fully saturated rings. The molecular weight excluding hydrogens is 180 g/mol. The molecule has 1 rings (SSSR count). The Morgan fingerprint density at radius 3 is 2.91 bits per heavy atom. The van der Waals surface area contributed by atoms with Crippen LogP contribution < -0.4 is 0 Å². The fourth-order valence-electron chi connectivity index (χ4n) is 0.907. The minimum atomic E-state index is -1.97. The first kappa shape index (κ1) is 8.90. The summed E-state index contributed by atoms with van der Waals surface area (Å²) < 4.78 is 21.3. The van der Waals surface area contributed by atoms with E-state index in [2.05, 4.69) is 0 Å². The van der Waals surface area contributed by atoms with Crippen molar-refractivity contribution in [3.8, 4) is 0 Å². The van der Waals surface area contributed by atoms with Crippen molar-refractivity contribution < 1.29 is 8.76 Å². The standard InChI is InChI=1S/C7H10O2S2/c1-2-7(11(8)9)6-4-3-5-10-6/h3-5,7H,2H2,1H3,(H,8,9)/p-1. The van der Waals surface area contributed by atoms with E-state index in [-0.39, 0.29) is 5.25 Å². The molecule has 0 saturated heterocycles. The number of rotatable bonds is 3. The van der Waals surface area contributed by atoms with E-state index in [1.807, 2.05) is 24.4 Å². The Morgan fingerprint density at radius 1 is 1.82 bits per heavy atom. The van der Waals surface area contributed by atoms with Gasteiger partial charge in [0.25, 0.3) is 0 Å². The third kappa shape index (κ3) is 2.12. The Hall–Kier alpha value is -0.190. The molecule has 0 aliphatic rings. The topological polar surface area (TPSA) is 40.1 Å². The summed E-state index contributed by atoms with van der Waals surface area (Å²) in [7, 11) is 0. The molecule has 0 bridgehead atoms. The Balaban J connectivity index is 2.79. The Bertz CT molecular complexity index is 231. The van der Waals surface area contributed by atoms with Crippen LogP contribution in [0, 0.1) is 0 Å². The van der Waals surface area contributed by atoms with Crippen LogP contribution >= 0.6 is 11.3 Å². The molecule has 1 aromatic rings. The molecular formula is C7H9O2S2-. The van der Waals surface area contributed by atoms with Crippen LogP contribution in [0.1, 0.15) is 23.5 Å². The molecule has 1 heterocycles. The third-order valence-corrected chi connectivity index (χ3v) is 3.65. The Morgan fingerprint density at radius 2 is 2.55 bits per heavy atom. The summed E-state index contributed by atoms with van der Waals surface area (Å²) in [5.41, 5.74) is 0. The van der Waals surface area contributed by atoms with Gasteiger partial charge in [0, 0.05) is 4.88 Å². The van der Waals surface area contributed by atoms with Gasteiger partial charge in [-0.05, 0) is 28.9 Å². The van der Waals surface area contributed by atoms with Gasteiger partial charge in [0.1, 0.15) is 0 Å². The average molecular weight is 189 g/mol. The molecule has 0 aliphatic carbocycles. The van der Waals surface area contributed by atoms with E-state index in [4.69, 9.17) is 0 Å². The van der Waals surface area contributed by atoms with Crippen molar-refractivity contribution in [1.82, 2.24) is 0 Å². The molecule has 0 N–H and O–H groups in total. The zero-order valence-corrected chi connectivity index (χ0v) is 7.78. The predicted octanol–water partition coefficient (Wildman–Crippen LogP) is 2.08. The van der Waals surface area contributed by atoms with Gasteiger partial charge in [0.2, 0.25) is 0 Å². The molecule has 0 aliphatic heterocycles. The molecule has 2 unspecified atom stereocenters. The highest BCUT2D eigenvalue weighted by Gasteiger charge is 2.09. The molecule has 62 valence electrons. The third-order valence-electron chi connectivity index (χ3n) is 1.46. The van der Waals surface area contributed by atoms with Crippen molar-refractivity contribution in [2.75, 3.05) is 0 Å². The first-order chi connectivity index (χ1) is 5.25. The Labute approximate surface area is 72.5 Å². The molecule has 1 aromatic heterocycles. The second-order valence-corrected chi connectivity index (χ2v) is 4.24. The lowest BCUT2D eigenvalue weighted by atomic mass is 10.3. The van der Waals surface area contributed by atoms with Gasteiger partial charge in [-0.3, -0.25) is 4.21 Å². The summed E-state index contributed by atoms with van der Waals surface area (Å²) in [6.45, 7) is 1.88. The minimum Gasteiger partial charge on any atom is -0.772 e. The largest absolute Gasteiger partial charge is 0.772 e. The molecule has 0 radical (unpaired) electrons. The van der Waals surface area contributed by atoms with Gasteiger partial charge in [-0.1, -0.05) is 13.0 Å². The van der Waals surface area contributed by atoms with E-state index in [1.165, 1.54) is 11.3 Å². The van der Waals surface area contributed by atoms with Crippen molar-refractivity contribution >= 4 is 22.4 Å². The van der Waals surface area contributed by atoms with Crippen LogP contribution in [-0.4, -0.2) is 8.76 Å². The molecule has 11 heavy (non-hydrogen) atoms. The maximum atomic E-state index is 10.6. The van der Waals surface area contributed by atoms with Crippen molar-refractivity contribution in [2.24, 2.45) is 0 Å². The molecule has 2 atom stereocenters. The van der Waals surface area contributed by atoms with Crippen molar-refractivity contribution in [3.05, 3.63) is 22.4 Å². The summed E-state index contributed by atoms with van der Waals surface area (Å²) in [5.74, 6) is 0. The second-order valence-electron chi connectivity index (χ2n) is 2.17. The minimum absolute atomic E-state index is 0.310. The molecule has 2 nitrogen and oxygen atoms in total. The van der Waals surface area contributed by atoms with Crippen LogP contribution in [0.15, 0.2) is 17.5 Å². The van der Waals surface area contributed by atoms with Gasteiger partial charge in [-0.25, -0.2) is 0 Å². The monoisotopic (exact) mass is 189 g/mol. The molecule has 0 saturated carbocycles. The van der Waals surface area contributed by atoms with Crippen LogP contribution in [0.2, 0.25) is 0 Å². The SMILES string of the molecule is CCC(c1cccs1)S(=O)[O-]. The first-order valence-corrected chi connectivity index (χ1v) is 5.39. The van der Waals surface area contributed by atoms with E-state index < -0.39 is 11.1 Å². The van der Waals surface area contributed by atoms with Crippen LogP contribution in [0.3, 0.4) is 0 Å². The van der Waals surface area contributed by atoms with Gasteiger partial charge < -0.3 is 4.55 Å². The van der Waals surface area contributed by atoms with Crippen molar-refractivity contribution in [3.63, 3.8) is 0 Å². The highest BCUT2D eigenvalue weighted by atomic mass is 32.2. The lowest BCUT2D eigenvalue weighted by Gasteiger charge is -2.15. The van der Waals surface area contributed by atoms with Crippen LogP contribution in [0.25, 0.3) is 0 Å². The highest BCUT2D eigenvalue weighted by molar-refractivity contribution is 7.79. The summed E-state index contributed by atoms with van der Waals surface area (Å²) in [4.78, 5) is 0.931. The summed E-state index contributed by atoms with van der Waals surface area (Å²) in [6, 6.07) is 3.73. The van der Waals surface area contributed by atoms with E-state index in [0.29, 0.717) is 6.42 Å². The van der Waals surface area contributed by atoms with Gasteiger partial charge in [-0.15, -0.1) is 11.3 Å². The second kappa shape index (κ2) is 3.99. The first-order valence-electron chi connectivity index (χ1n) is 3.37. The van der Waals surface area contributed by atoms with E-state index in [9.17, 15) is 8.76 Å². The summed E-state index contributed by atoms with van der Waals surface area (Å²) >= 11 is -0.481. The highest BCUT2D eigenvalue weighted by Crippen LogP contribution is 2.25. The van der Waals surface area contributed by atoms with Crippen molar-refractivity contribution in [2.45, 2.75) is 18.6 Å². The maximum Gasteiger partial charge on any atom is 0.0556 e. The van der Waals surface area contributed by atoms with Gasteiger partial charge >= 0.3 is 0 Å². The smallest absolute Gasteiger partial charge is 0.0556 e. The lowest BCUT2D eigenvalue weighted by molar-refractivity contribution is 0.522. The number of hydrogen-bond donors (Lipinski definition) is 0. The van der Waals surface area contributed by atoms with E-state index >= 15 is 0 Å². The van der Waals surface area contributed by atoms with E-state index in [0.717, 1.165) is 4.88 Å². The van der Waals surface area contributed by atoms with Crippen LogP contribution in [-0.2, 0) is 11.1 Å². The molecule has 0 aromatic carbocycles. The van der Waals surface area contributed by atoms with Gasteiger partial charge in [0.05, 0.1) is 5.25 Å². The quantitative estimate of drug-likeness (QED) is 0.683. The fraction of sp³-hybridized carbons (Fsp3) is 0.429. The zero-order valence-electron chi connectivity index (χ0n) is 6.15. The number of hydrogen-bond acceptors (Lipinski definition) is 3. The fourth-order valence-corrected chi connectivity index (χ4v) is 2.64. The van der Waals surface area contributed by atoms with Crippen LogP contribution in [0.5, 0.6) is 0 Å².